The van der Waals surface area contributed by atoms with E-state index >= 15 is 0 Å². The van der Waals surface area contributed by atoms with Gasteiger partial charge in [0.05, 0.1) is 27.0 Å². The van der Waals surface area contributed by atoms with Crippen molar-refractivity contribution in [1.82, 2.24) is 10.4 Å². The average molecular weight is 391 g/mol. The molecule has 0 aliphatic carbocycles. The zero-order chi connectivity index (χ0) is 20.6. The molecule has 0 fully saturated rings. The van der Waals surface area contributed by atoms with E-state index in [0.717, 1.165) is 11.1 Å². The third-order valence-electron chi connectivity index (χ3n) is 4.20. The summed E-state index contributed by atoms with van der Waals surface area (Å²) >= 11 is 0. The number of hydrogen-bond donors (Lipinski definition) is 1. The second-order valence-electron chi connectivity index (χ2n) is 5.92. The summed E-state index contributed by atoms with van der Waals surface area (Å²) in [6.45, 7) is 0. The molecule has 0 unspecified atom stereocenters. The molecule has 29 heavy (non-hydrogen) atoms. The Morgan fingerprint density at radius 2 is 1.41 bits per heavy atom. The van der Waals surface area contributed by atoms with Gasteiger partial charge in [0, 0.05) is 29.1 Å². The van der Waals surface area contributed by atoms with Crippen LogP contribution in [0.25, 0.3) is 0 Å². The fourth-order valence-corrected chi connectivity index (χ4v) is 2.78. The second kappa shape index (κ2) is 9.36. The van der Waals surface area contributed by atoms with Crippen molar-refractivity contribution in [3.8, 4) is 17.2 Å². The summed E-state index contributed by atoms with van der Waals surface area (Å²) in [5.74, 6) is 0.778. The van der Waals surface area contributed by atoms with E-state index in [1.807, 2.05) is 42.5 Å². The number of methoxy groups -OCH3 is 3. The molecular formula is C22H21N3O4. The maximum atomic E-state index is 12.8. The zero-order valence-electron chi connectivity index (χ0n) is 16.4. The highest BCUT2D eigenvalue weighted by Crippen LogP contribution is 2.38. The first-order chi connectivity index (χ1) is 14.2. The van der Waals surface area contributed by atoms with Gasteiger partial charge in [-0.15, -0.1) is 0 Å². The molecule has 0 bridgehead atoms. The Labute approximate surface area is 169 Å². The topological polar surface area (TPSA) is 82.0 Å². The molecule has 0 aliphatic rings. The number of rotatable bonds is 7. The summed E-state index contributed by atoms with van der Waals surface area (Å²) in [4.78, 5) is 16.8. The number of nitrogens with zero attached hydrogens (tertiary/aromatic N) is 2. The van der Waals surface area contributed by atoms with Crippen LogP contribution in [0.15, 0.2) is 72.1 Å². The molecule has 3 rings (SSSR count). The van der Waals surface area contributed by atoms with Crippen LogP contribution in [-0.4, -0.2) is 37.9 Å². The summed E-state index contributed by atoms with van der Waals surface area (Å²) < 4.78 is 15.9. The Morgan fingerprint density at radius 3 is 1.97 bits per heavy atom. The third kappa shape index (κ3) is 4.52. The Kier molecular flexibility index (Phi) is 6.42. The van der Waals surface area contributed by atoms with Gasteiger partial charge in [-0.1, -0.05) is 30.3 Å². The van der Waals surface area contributed by atoms with Crippen LogP contribution in [0.4, 0.5) is 0 Å². The number of pyridine rings is 1. The summed E-state index contributed by atoms with van der Waals surface area (Å²) in [5.41, 5.74) is 5.25. The number of benzene rings is 2. The van der Waals surface area contributed by atoms with E-state index in [1.165, 1.54) is 21.3 Å². The number of hydrogen-bond acceptors (Lipinski definition) is 6. The summed E-state index contributed by atoms with van der Waals surface area (Å²) in [6, 6.07) is 16.4. The maximum Gasteiger partial charge on any atom is 0.271 e. The lowest BCUT2D eigenvalue weighted by atomic mass is 10.0. The molecule has 7 nitrogen and oxygen atoms in total. The molecule has 1 amide bonds. The quantitative estimate of drug-likeness (QED) is 0.494. The van der Waals surface area contributed by atoms with Crippen molar-refractivity contribution >= 4 is 11.6 Å². The lowest BCUT2D eigenvalue weighted by Gasteiger charge is -2.13. The molecule has 0 aliphatic heterocycles. The zero-order valence-corrected chi connectivity index (χ0v) is 16.4. The SMILES string of the molecule is COc1cc(C(=O)N/N=C(\c2ccccc2)c2ccncc2)cc(OC)c1OC. The van der Waals surface area contributed by atoms with Crippen LogP contribution in [-0.2, 0) is 0 Å². The number of carbonyl (C=O) groups is 1. The molecule has 1 heterocycles. The lowest BCUT2D eigenvalue weighted by molar-refractivity contribution is 0.0954. The van der Waals surface area contributed by atoms with Gasteiger partial charge in [-0.2, -0.15) is 5.10 Å². The monoisotopic (exact) mass is 391 g/mol. The molecule has 0 saturated carbocycles. The van der Waals surface area contributed by atoms with Crippen LogP contribution in [0, 0.1) is 0 Å². The van der Waals surface area contributed by atoms with Crippen molar-refractivity contribution in [1.29, 1.82) is 0 Å². The van der Waals surface area contributed by atoms with Gasteiger partial charge in [-0.25, -0.2) is 5.43 Å². The van der Waals surface area contributed by atoms with Crippen molar-refractivity contribution in [2.75, 3.05) is 21.3 Å². The first kappa shape index (κ1) is 19.9. The minimum absolute atomic E-state index is 0.324. The van der Waals surface area contributed by atoms with E-state index in [1.54, 1.807) is 24.5 Å². The van der Waals surface area contributed by atoms with Crippen LogP contribution in [0.1, 0.15) is 21.5 Å². The molecule has 0 spiro atoms. The molecular weight excluding hydrogens is 370 g/mol. The first-order valence-corrected chi connectivity index (χ1v) is 8.81. The third-order valence-corrected chi connectivity index (χ3v) is 4.20. The predicted molar refractivity (Wildman–Crippen MR) is 110 cm³/mol. The van der Waals surface area contributed by atoms with Crippen molar-refractivity contribution in [3.63, 3.8) is 0 Å². The highest BCUT2D eigenvalue weighted by molar-refractivity contribution is 6.13. The molecule has 0 atom stereocenters. The van der Waals surface area contributed by atoms with Crippen molar-refractivity contribution in [2.24, 2.45) is 5.10 Å². The molecule has 1 N–H and O–H groups in total. The van der Waals surface area contributed by atoms with Crippen LogP contribution in [0.5, 0.6) is 17.2 Å². The van der Waals surface area contributed by atoms with Gasteiger partial charge >= 0.3 is 0 Å². The molecule has 2 aromatic carbocycles. The standard InChI is InChI=1S/C22H21N3O4/c1-27-18-13-17(14-19(28-2)21(18)29-3)22(26)25-24-20(15-7-5-4-6-8-15)16-9-11-23-12-10-16/h4-14H,1-3H3,(H,25,26)/b24-20+. The normalized spacial score (nSPS) is 10.9. The van der Waals surface area contributed by atoms with Crippen molar-refractivity contribution in [2.45, 2.75) is 0 Å². The summed E-state index contributed by atoms with van der Waals surface area (Å²) in [5, 5.41) is 4.37. The Morgan fingerprint density at radius 1 is 0.828 bits per heavy atom. The van der Waals surface area contributed by atoms with E-state index in [0.29, 0.717) is 28.5 Å². The number of hydrazone groups is 1. The molecule has 0 saturated heterocycles. The number of ether oxygens (including phenoxy) is 3. The van der Waals surface area contributed by atoms with E-state index < -0.39 is 5.91 Å². The van der Waals surface area contributed by atoms with E-state index in [9.17, 15) is 4.79 Å². The second-order valence-corrected chi connectivity index (χ2v) is 5.92. The Hall–Kier alpha value is -3.87. The first-order valence-electron chi connectivity index (χ1n) is 8.81. The van der Waals surface area contributed by atoms with Gasteiger partial charge in [0.2, 0.25) is 5.75 Å². The molecule has 0 radical (unpaired) electrons. The van der Waals surface area contributed by atoms with E-state index in [-0.39, 0.29) is 0 Å². The predicted octanol–water partition coefficient (Wildman–Crippen LogP) is 3.29. The van der Waals surface area contributed by atoms with Gasteiger partial charge in [0.15, 0.2) is 11.5 Å². The van der Waals surface area contributed by atoms with Crippen LogP contribution < -0.4 is 19.6 Å². The minimum Gasteiger partial charge on any atom is -0.493 e. The number of nitrogens with one attached hydrogen (secondary N) is 1. The van der Waals surface area contributed by atoms with Gasteiger partial charge in [0.25, 0.3) is 5.91 Å². The van der Waals surface area contributed by atoms with Crippen LogP contribution in [0.3, 0.4) is 0 Å². The van der Waals surface area contributed by atoms with Crippen molar-refractivity contribution < 1.29 is 19.0 Å². The summed E-state index contributed by atoms with van der Waals surface area (Å²) in [6.07, 6.45) is 3.35. The fraction of sp³-hybridized carbons (Fsp3) is 0.136. The maximum absolute atomic E-state index is 12.8. The van der Waals surface area contributed by atoms with Gasteiger partial charge in [-0.3, -0.25) is 9.78 Å². The van der Waals surface area contributed by atoms with Gasteiger partial charge in [0.1, 0.15) is 0 Å². The molecule has 7 heteroatoms. The number of aromatic nitrogens is 1. The largest absolute Gasteiger partial charge is 0.493 e. The highest BCUT2D eigenvalue weighted by Gasteiger charge is 2.17. The van der Waals surface area contributed by atoms with Gasteiger partial charge < -0.3 is 14.2 Å². The van der Waals surface area contributed by atoms with Crippen LogP contribution in [0.2, 0.25) is 0 Å². The van der Waals surface area contributed by atoms with Gasteiger partial charge in [-0.05, 0) is 24.3 Å². The lowest BCUT2D eigenvalue weighted by Crippen LogP contribution is -2.21. The van der Waals surface area contributed by atoms with E-state index in [4.69, 9.17) is 14.2 Å². The van der Waals surface area contributed by atoms with Crippen molar-refractivity contribution in [3.05, 3.63) is 83.7 Å². The molecule has 3 aromatic rings. The Balaban J connectivity index is 1.95. The molecule has 1 aromatic heterocycles. The Bertz CT molecular complexity index is 939. The number of carbonyl (C=O) groups excluding carboxylic acids is 1. The fourth-order valence-electron chi connectivity index (χ4n) is 2.78. The number of amides is 1. The average Bonchev–Trinajstić information content (AvgIpc) is 2.79. The van der Waals surface area contributed by atoms with Crippen LogP contribution >= 0.6 is 0 Å². The highest BCUT2D eigenvalue weighted by atomic mass is 16.5. The summed E-state index contributed by atoms with van der Waals surface area (Å²) in [7, 11) is 4.49. The van der Waals surface area contributed by atoms with E-state index in [2.05, 4.69) is 15.5 Å². The minimum atomic E-state index is -0.410. The molecule has 148 valence electrons. The smallest absolute Gasteiger partial charge is 0.271 e.